The molecule has 1 heterocycles. The van der Waals surface area contributed by atoms with Gasteiger partial charge in [0, 0.05) is 27.4 Å². The normalized spacial score (nSPS) is 13.7. The third-order valence-corrected chi connectivity index (χ3v) is 2.58. The van der Waals surface area contributed by atoms with Gasteiger partial charge < -0.3 is 9.47 Å². The number of ether oxygens (including phenoxy) is 2. The second-order valence-corrected chi connectivity index (χ2v) is 8.17. The Balaban J connectivity index is 0.000000280. The monoisotopic (exact) mass is 335 g/mol. The summed E-state index contributed by atoms with van der Waals surface area (Å²) in [6.45, 7) is 0.114. The number of benzene rings is 1. The summed E-state index contributed by atoms with van der Waals surface area (Å²) in [6.07, 6.45) is 0. The van der Waals surface area contributed by atoms with Crippen LogP contribution in [0.2, 0.25) is 0 Å². The minimum atomic E-state index is -3.72. The van der Waals surface area contributed by atoms with Gasteiger partial charge in [-0.15, -0.1) is 0 Å². The zero-order valence-corrected chi connectivity index (χ0v) is 11.7. The largest absolute Gasteiger partial charge is 0.454 e. The third-order valence-electron chi connectivity index (χ3n) is 1.67. The highest BCUT2D eigenvalue weighted by atomic mass is 36.0. The van der Waals surface area contributed by atoms with Gasteiger partial charge in [0.1, 0.15) is 0 Å². The van der Waals surface area contributed by atoms with Crippen molar-refractivity contribution < 1.29 is 26.3 Å². The molecule has 1 aromatic carbocycles. The predicted molar refractivity (Wildman–Crippen MR) is 64.6 cm³/mol. The van der Waals surface area contributed by atoms with Gasteiger partial charge >= 0.3 is 8.26 Å². The Hall–Kier alpha value is -0.740. The quantitative estimate of drug-likeness (QED) is 0.758. The summed E-state index contributed by atoms with van der Waals surface area (Å²) in [4.78, 5) is 0.0248. The van der Waals surface area contributed by atoms with Gasteiger partial charge in [0.05, 0.1) is 4.90 Å². The molecule has 2 rings (SSSR count). The molecular weight excluding hydrogens is 329 g/mol. The van der Waals surface area contributed by atoms with E-state index in [-0.39, 0.29) is 11.7 Å². The minimum Gasteiger partial charge on any atom is -0.454 e. The maximum Gasteiger partial charge on any atom is 0.317 e. The summed E-state index contributed by atoms with van der Waals surface area (Å²) in [6, 6.07) is 4.24. The highest BCUT2D eigenvalue weighted by Gasteiger charge is 2.17. The van der Waals surface area contributed by atoms with Gasteiger partial charge in [0.15, 0.2) is 11.5 Å². The van der Waals surface area contributed by atoms with E-state index in [9.17, 15) is 8.42 Å². The van der Waals surface area contributed by atoms with Crippen LogP contribution in [0.4, 0.5) is 0 Å². The molecule has 0 radical (unpaired) electrons. The van der Waals surface area contributed by atoms with Gasteiger partial charge in [-0.1, -0.05) is 0 Å². The summed E-state index contributed by atoms with van der Waals surface area (Å²) in [5.41, 5.74) is 0. The predicted octanol–water partition coefficient (Wildman–Crippen LogP) is 0.772. The fourth-order valence-corrected chi connectivity index (χ4v) is 1.58. The summed E-state index contributed by atoms with van der Waals surface area (Å²) < 4.78 is 50.2. The van der Waals surface area contributed by atoms with E-state index in [0.29, 0.717) is 11.5 Å². The molecule has 0 saturated carbocycles. The second-order valence-electron chi connectivity index (χ2n) is 2.94. The Kier molecular flexibility index (Phi) is 4.67. The number of sulfonamides is 1. The molecule has 0 unspecified atom stereocenters. The Bertz CT molecular complexity index is 634. The molecular formula is C7H7Cl2NO6S2. The van der Waals surface area contributed by atoms with Crippen molar-refractivity contribution >= 4 is 39.7 Å². The highest BCUT2D eigenvalue weighted by Crippen LogP contribution is 2.33. The van der Waals surface area contributed by atoms with Crippen LogP contribution in [0.5, 0.6) is 11.5 Å². The summed E-state index contributed by atoms with van der Waals surface area (Å²) in [7, 11) is 1.15. The van der Waals surface area contributed by atoms with Crippen LogP contribution >= 0.6 is 21.4 Å². The molecule has 0 amide bonds. The Morgan fingerprint density at radius 1 is 1.06 bits per heavy atom. The number of nitrogens with two attached hydrogens (primary N) is 1. The zero-order chi connectivity index (χ0) is 14.0. The molecule has 0 bridgehead atoms. The molecule has 0 aliphatic carbocycles. The first-order valence-electron chi connectivity index (χ1n) is 4.14. The van der Waals surface area contributed by atoms with E-state index in [4.69, 9.17) is 23.0 Å². The fraction of sp³-hybridized carbons (Fsp3) is 0.143. The standard InChI is InChI=1S/C7H7NO4S.Cl2O2S/c8-13(9,10)5-1-2-6-7(3-5)12-4-11-6;1-5(2,3)4/h1-3H,4H2,(H2,8,9,10);. The lowest BCUT2D eigenvalue weighted by molar-refractivity contribution is 0.174. The molecule has 1 aromatic rings. The van der Waals surface area contributed by atoms with E-state index < -0.39 is 18.3 Å². The van der Waals surface area contributed by atoms with Crippen molar-refractivity contribution in [2.75, 3.05) is 6.79 Å². The number of hydrogen-bond acceptors (Lipinski definition) is 6. The Morgan fingerprint density at radius 2 is 1.56 bits per heavy atom. The van der Waals surface area contributed by atoms with Crippen molar-refractivity contribution in [3.05, 3.63) is 18.2 Å². The van der Waals surface area contributed by atoms with E-state index >= 15 is 0 Å². The molecule has 0 fully saturated rings. The van der Waals surface area contributed by atoms with Crippen molar-refractivity contribution in [2.24, 2.45) is 5.14 Å². The van der Waals surface area contributed by atoms with Crippen LogP contribution in [0, 0.1) is 0 Å². The number of hydrogen-bond donors (Lipinski definition) is 1. The molecule has 7 nitrogen and oxygen atoms in total. The molecule has 18 heavy (non-hydrogen) atoms. The molecule has 102 valence electrons. The zero-order valence-electron chi connectivity index (χ0n) is 8.54. The average molecular weight is 336 g/mol. The molecule has 0 spiro atoms. The molecule has 1 aliphatic heterocycles. The molecule has 0 atom stereocenters. The van der Waals surface area contributed by atoms with Crippen molar-refractivity contribution in [1.29, 1.82) is 0 Å². The average Bonchev–Trinajstić information content (AvgIpc) is 2.59. The first-order chi connectivity index (χ1) is 8.07. The molecule has 0 aromatic heterocycles. The smallest absolute Gasteiger partial charge is 0.317 e. The van der Waals surface area contributed by atoms with Crippen molar-refractivity contribution in [2.45, 2.75) is 4.90 Å². The fourth-order valence-electron chi connectivity index (χ4n) is 1.05. The van der Waals surface area contributed by atoms with E-state index in [1.54, 1.807) is 0 Å². The lowest BCUT2D eigenvalue weighted by atomic mass is 10.3. The summed E-state index contributed by atoms with van der Waals surface area (Å²) in [5.74, 6) is 0.943. The van der Waals surface area contributed by atoms with Gasteiger partial charge in [0.2, 0.25) is 16.8 Å². The van der Waals surface area contributed by atoms with Gasteiger partial charge in [0.25, 0.3) is 0 Å². The number of fused-ring (bicyclic) bond motifs is 1. The van der Waals surface area contributed by atoms with E-state index in [1.165, 1.54) is 18.2 Å². The number of primary sulfonamides is 1. The van der Waals surface area contributed by atoms with Crippen molar-refractivity contribution in [3.63, 3.8) is 0 Å². The molecule has 11 heteroatoms. The first-order valence-corrected chi connectivity index (χ1v) is 8.82. The molecule has 2 N–H and O–H groups in total. The van der Waals surface area contributed by atoms with Gasteiger partial charge in [-0.3, -0.25) is 0 Å². The van der Waals surface area contributed by atoms with Crippen LogP contribution < -0.4 is 14.6 Å². The minimum absolute atomic E-state index is 0.0248. The maximum atomic E-state index is 10.9. The van der Waals surface area contributed by atoms with E-state index in [2.05, 4.69) is 21.4 Å². The van der Waals surface area contributed by atoms with Gasteiger partial charge in [-0.05, 0) is 12.1 Å². The van der Waals surface area contributed by atoms with Crippen molar-refractivity contribution in [3.8, 4) is 11.5 Å². The SMILES string of the molecule is NS(=O)(=O)c1ccc2c(c1)OCO2.O=S(=O)(Cl)Cl. The van der Waals surface area contributed by atoms with Crippen LogP contribution in [-0.4, -0.2) is 23.6 Å². The van der Waals surface area contributed by atoms with Crippen LogP contribution in [0.15, 0.2) is 23.1 Å². The van der Waals surface area contributed by atoms with Crippen LogP contribution in [-0.2, 0) is 18.3 Å². The van der Waals surface area contributed by atoms with Crippen LogP contribution in [0.3, 0.4) is 0 Å². The summed E-state index contributed by atoms with van der Waals surface area (Å²) in [5, 5.41) is 4.93. The van der Waals surface area contributed by atoms with Crippen LogP contribution in [0.1, 0.15) is 0 Å². The number of halogens is 2. The lowest BCUT2D eigenvalue weighted by Gasteiger charge is -1.99. The second kappa shape index (κ2) is 5.49. The van der Waals surface area contributed by atoms with E-state index in [0.717, 1.165) is 0 Å². The molecule has 1 aliphatic rings. The topological polar surface area (TPSA) is 113 Å². The van der Waals surface area contributed by atoms with Gasteiger partial charge in [-0.2, -0.15) is 8.42 Å². The van der Waals surface area contributed by atoms with E-state index in [1.807, 2.05) is 0 Å². The first kappa shape index (κ1) is 15.3. The lowest BCUT2D eigenvalue weighted by Crippen LogP contribution is -2.11. The maximum absolute atomic E-state index is 10.9. The van der Waals surface area contributed by atoms with Crippen LogP contribution in [0.25, 0.3) is 0 Å². The van der Waals surface area contributed by atoms with Crippen molar-refractivity contribution in [1.82, 2.24) is 0 Å². The van der Waals surface area contributed by atoms with Gasteiger partial charge in [-0.25, -0.2) is 13.6 Å². The molecule has 0 saturated heterocycles. The third kappa shape index (κ3) is 5.27. The Labute approximate surface area is 112 Å². The Morgan fingerprint density at radius 3 is 2.06 bits per heavy atom. The highest BCUT2D eigenvalue weighted by molar-refractivity contribution is 8.31. The summed E-state index contributed by atoms with van der Waals surface area (Å²) >= 11 is 0. The number of rotatable bonds is 1.